The number of nitrogens with zero attached hydrogens (tertiary/aromatic N) is 2. The van der Waals surface area contributed by atoms with Gasteiger partial charge in [0.15, 0.2) is 0 Å². The van der Waals surface area contributed by atoms with Gasteiger partial charge in [0.1, 0.15) is 0 Å². The topological polar surface area (TPSA) is 80.8 Å². The predicted octanol–water partition coefficient (Wildman–Crippen LogP) is 0.996. The molecule has 1 aromatic heterocycles. The van der Waals surface area contributed by atoms with Gasteiger partial charge in [0.2, 0.25) is 5.91 Å². The third-order valence-electron chi connectivity index (χ3n) is 5.63. The monoisotopic (exact) mass is 359 g/mol. The summed E-state index contributed by atoms with van der Waals surface area (Å²) in [6, 6.07) is 3.69. The maximum Gasteiger partial charge on any atom is 0.252 e. The van der Waals surface area contributed by atoms with E-state index in [1.807, 2.05) is 4.90 Å². The number of carbonyl (C=O) groups excluding carboxylic acids is 2. The highest BCUT2D eigenvalue weighted by atomic mass is 16.5. The van der Waals surface area contributed by atoms with Gasteiger partial charge in [-0.1, -0.05) is 0 Å². The van der Waals surface area contributed by atoms with E-state index in [-0.39, 0.29) is 36.0 Å². The van der Waals surface area contributed by atoms with E-state index in [1.54, 1.807) is 24.5 Å². The Bertz CT molecular complexity index is 647. The molecular weight excluding hydrogens is 334 g/mol. The fourth-order valence-corrected chi connectivity index (χ4v) is 4.05. The lowest BCUT2D eigenvalue weighted by Gasteiger charge is -2.53. The van der Waals surface area contributed by atoms with Crippen molar-refractivity contribution in [1.82, 2.24) is 15.2 Å². The van der Waals surface area contributed by atoms with E-state index in [0.717, 1.165) is 25.7 Å². The first-order valence-electron chi connectivity index (χ1n) is 9.44. The Morgan fingerprint density at radius 3 is 2.81 bits per heavy atom. The maximum atomic E-state index is 12.6. The van der Waals surface area contributed by atoms with Crippen LogP contribution in [0.5, 0.6) is 0 Å². The van der Waals surface area contributed by atoms with Crippen LogP contribution in [0.15, 0.2) is 24.5 Å². The quantitative estimate of drug-likeness (QED) is 0.867. The Hall–Kier alpha value is -1.99. The van der Waals surface area contributed by atoms with E-state index in [2.05, 4.69) is 10.3 Å². The summed E-state index contributed by atoms with van der Waals surface area (Å²) < 4.78 is 11.4. The zero-order chi connectivity index (χ0) is 17.9. The molecule has 7 heteroatoms. The van der Waals surface area contributed by atoms with Crippen molar-refractivity contribution >= 4 is 11.8 Å². The first kappa shape index (κ1) is 17.4. The van der Waals surface area contributed by atoms with E-state index in [4.69, 9.17) is 9.47 Å². The Labute approximate surface area is 153 Å². The van der Waals surface area contributed by atoms with Crippen molar-refractivity contribution in [2.24, 2.45) is 5.92 Å². The van der Waals surface area contributed by atoms with Crippen molar-refractivity contribution in [1.29, 1.82) is 0 Å². The van der Waals surface area contributed by atoms with Crippen LogP contribution in [0.4, 0.5) is 0 Å². The number of fused-ring (bicyclic) bond motifs is 1. The average Bonchev–Trinajstić information content (AvgIpc) is 2.68. The second-order valence-corrected chi connectivity index (χ2v) is 7.27. The third kappa shape index (κ3) is 3.59. The molecule has 0 saturated carbocycles. The van der Waals surface area contributed by atoms with Crippen LogP contribution in [0, 0.1) is 5.92 Å². The Morgan fingerprint density at radius 1 is 1.23 bits per heavy atom. The molecule has 1 aromatic rings. The number of carbonyl (C=O) groups is 2. The molecule has 26 heavy (non-hydrogen) atoms. The normalized spacial score (nSPS) is 28.8. The van der Waals surface area contributed by atoms with Gasteiger partial charge in [0.25, 0.3) is 5.91 Å². The number of hydrogen-bond acceptors (Lipinski definition) is 5. The second kappa shape index (κ2) is 7.72. The van der Waals surface area contributed by atoms with Crippen LogP contribution in [-0.2, 0) is 14.3 Å². The summed E-state index contributed by atoms with van der Waals surface area (Å²) >= 11 is 0. The van der Waals surface area contributed by atoms with E-state index in [1.165, 1.54) is 0 Å². The summed E-state index contributed by atoms with van der Waals surface area (Å²) in [5.41, 5.74) is 0.554. The van der Waals surface area contributed by atoms with Gasteiger partial charge in [-0.25, -0.2) is 0 Å². The fraction of sp³-hybridized carbons (Fsp3) is 0.632. The number of nitrogens with one attached hydrogen (secondary N) is 1. The number of ether oxygens (including phenoxy) is 2. The van der Waals surface area contributed by atoms with Gasteiger partial charge in [0, 0.05) is 44.6 Å². The summed E-state index contributed by atoms with van der Waals surface area (Å²) in [6.45, 7) is 2.54. The van der Waals surface area contributed by atoms with Crippen LogP contribution in [0.2, 0.25) is 0 Å². The molecule has 0 radical (unpaired) electrons. The lowest BCUT2D eigenvalue weighted by molar-refractivity contribution is -0.186. The molecule has 2 amide bonds. The maximum absolute atomic E-state index is 12.6. The molecule has 0 bridgehead atoms. The summed E-state index contributed by atoms with van der Waals surface area (Å²) in [5, 5.41) is 2.92. The van der Waals surface area contributed by atoms with Crippen molar-refractivity contribution in [3.63, 3.8) is 0 Å². The highest BCUT2D eigenvalue weighted by Gasteiger charge is 2.47. The van der Waals surface area contributed by atoms with Crippen LogP contribution in [0.3, 0.4) is 0 Å². The Balaban J connectivity index is 1.23. The number of likely N-dealkylation sites (tertiary alicyclic amines) is 1. The molecule has 4 rings (SSSR count). The van der Waals surface area contributed by atoms with Crippen molar-refractivity contribution in [3.05, 3.63) is 30.1 Å². The van der Waals surface area contributed by atoms with Crippen LogP contribution in [0.1, 0.15) is 36.0 Å². The summed E-state index contributed by atoms with van der Waals surface area (Å²) in [5.74, 6) is 0.247. The molecular formula is C19H25N3O4. The number of hydrogen-bond donors (Lipinski definition) is 1. The molecule has 0 aliphatic carbocycles. The molecule has 0 spiro atoms. The number of amides is 2. The van der Waals surface area contributed by atoms with Crippen LogP contribution in [-0.4, -0.2) is 66.3 Å². The highest BCUT2D eigenvalue weighted by molar-refractivity contribution is 5.93. The van der Waals surface area contributed by atoms with Gasteiger partial charge in [-0.2, -0.15) is 0 Å². The summed E-state index contributed by atoms with van der Waals surface area (Å²) in [6.07, 6.45) is 6.76. The molecule has 1 N–H and O–H groups in total. The average molecular weight is 359 g/mol. The van der Waals surface area contributed by atoms with Crippen LogP contribution >= 0.6 is 0 Å². The second-order valence-electron chi connectivity index (χ2n) is 7.27. The SMILES string of the molecule is O=C(NC[C@@H]1CC[C@H]2[C@H](CN2C(=O)C2CCOCC2)O1)c1cccnc1. The first-order valence-corrected chi connectivity index (χ1v) is 9.44. The number of rotatable bonds is 4. The zero-order valence-electron chi connectivity index (χ0n) is 14.8. The van der Waals surface area contributed by atoms with Crippen molar-refractivity contribution < 1.29 is 19.1 Å². The van der Waals surface area contributed by atoms with Crippen molar-refractivity contribution in [2.75, 3.05) is 26.3 Å². The molecule has 7 nitrogen and oxygen atoms in total. The highest BCUT2D eigenvalue weighted by Crippen LogP contribution is 2.34. The molecule has 3 atom stereocenters. The molecule has 3 aliphatic rings. The summed E-state index contributed by atoms with van der Waals surface area (Å²) in [7, 11) is 0. The van der Waals surface area contributed by atoms with E-state index in [0.29, 0.717) is 31.9 Å². The molecule has 4 heterocycles. The van der Waals surface area contributed by atoms with Gasteiger partial charge in [-0.3, -0.25) is 14.6 Å². The number of pyridine rings is 1. The van der Waals surface area contributed by atoms with Gasteiger partial charge in [0.05, 0.1) is 23.8 Å². The molecule has 0 aromatic carbocycles. The third-order valence-corrected chi connectivity index (χ3v) is 5.63. The molecule has 3 aliphatic heterocycles. The van der Waals surface area contributed by atoms with Gasteiger partial charge in [-0.05, 0) is 37.8 Å². The molecule has 140 valence electrons. The number of aromatic nitrogens is 1. The van der Waals surface area contributed by atoms with E-state index in [9.17, 15) is 9.59 Å². The summed E-state index contributed by atoms with van der Waals surface area (Å²) in [4.78, 5) is 30.7. The molecule has 0 unspecified atom stereocenters. The first-order chi connectivity index (χ1) is 12.7. The smallest absolute Gasteiger partial charge is 0.252 e. The molecule has 3 saturated heterocycles. The van der Waals surface area contributed by atoms with Crippen molar-refractivity contribution in [3.8, 4) is 0 Å². The minimum absolute atomic E-state index is 0.0113. The minimum Gasteiger partial charge on any atom is -0.381 e. The van der Waals surface area contributed by atoms with Gasteiger partial charge < -0.3 is 19.7 Å². The Morgan fingerprint density at radius 2 is 2.08 bits per heavy atom. The standard InChI is InChI=1S/C19H25N3O4/c23-18(14-2-1-7-20-10-14)21-11-15-3-4-16-17(26-15)12-22(16)19(24)13-5-8-25-9-6-13/h1-2,7,10,13,15-17H,3-6,8-9,11-12H2,(H,21,23)/t15-,16-,17-/m0/s1. The van der Waals surface area contributed by atoms with E-state index >= 15 is 0 Å². The van der Waals surface area contributed by atoms with E-state index < -0.39 is 0 Å². The van der Waals surface area contributed by atoms with Crippen LogP contribution in [0.25, 0.3) is 0 Å². The lowest BCUT2D eigenvalue weighted by Crippen LogP contribution is -2.67. The van der Waals surface area contributed by atoms with Gasteiger partial charge >= 0.3 is 0 Å². The Kier molecular flexibility index (Phi) is 5.17. The predicted molar refractivity (Wildman–Crippen MR) is 93.5 cm³/mol. The van der Waals surface area contributed by atoms with Crippen LogP contribution < -0.4 is 5.32 Å². The lowest BCUT2D eigenvalue weighted by atomic mass is 9.87. The zero-order valence-corrected chi connectivity index (χ0v) is 14.8. The largest absolute Gasteiger partial charge is 0.381 e. The van der Waals surface area contributed by atoms with Gasteiger partial charge in [-0.15, -0.1) is 0 Å². The van der Waals surface area contributed by atoms with Crippen molar-refractivity contribution in [2.45, 2.75) is 43.9 Å². The minimum atomic E-state index is -0.131. The fourth-order valence-electron chi connectivity index (χ4n) is 4.05. The molecule has 3 fully saturated rings.